The maximum atomic E-state index is 14.3. The minimum absolute atomic E-state index is 0.103. The predicted molar refractivity (Wildman–Crippen MR) is 124 cm³/mol. The summed E-state index contributed by atoms with van der Waals surface area (Å²) >= 11 is 3.09. The number of carbonyl (C=O) groups excluding carboxylic acids is 3. The molecular weight excluding hydrogens is 512 g/mol. The third-order valence-corrected chi connectivity index (χ3v) is 6.51. The SMILES string of the molecule is O=C(CO)c1cn(CC(=O)N2C[C@H](F)C[C@H]2C(=O)NCc2cccc(Br)c2F)c2ccccc12. The Balaban J connectivity index is 1.51. The Kier molecular flexibility index (Phi) is 7.08. The Labute approximate surface area is 202 Å². The summed E-state index contributed by atoms with van der Waals surface area (Å²) in [6.45, 7) is -1.22. The van der Waals surface area contributed by atoms with Gasteiger partial charge in [0.25, 0.3) is 0 Å². The molecule has 178 valence electrons. The summed E-state index contributed by atoms with van der Waals surface area (Å²) in [7, 11) is 0. The van der Waals surface area contributed by atoms with Gasteiger partial charge in [0.1, 0.15) is 31.2 Å². The number of carbonyl (C=O) groups is 3. The van der Waals surface area contributed by atoms with E-state index in [1.807, 2.05) is 0 Å². The monoisotopic (exact) mass is 533 g/mol. The summed E-state index contributed by atoms with van der Waals surface area (Å²) in [6, 6.07) is 10.6. The van der Waals surface area contributed by atoms with Crippen molar-refractivity contribution in [2.75, 3.05) is 13.2 Å². The molecule has 0 unspecified atom stereocenters. The number of alkyl halides is 1. The number of aromatic nitrogens is 1. The Hall–Kier alpha value is -3.11. The number of nitrogens with one attached hydrogen (secondary N) is 1. The molecule has 1 aliphatic rings. The van der Waals surface area contributed by atoms with E-state index in [0.717, 1.165) is 0 Å². The van der Waals surface area contributed by atoms with Gasteiger partial charge in [-0.1, -0.05) is 30.3 Å². The van der Waals surface area contributed by atoms with Gasteiger partial charge in [-0.25, -0.2) is 8.78 Å². The molecule has 1 aromatic heterocycles. The second-order valence-electron chi connectivity index (χ2n) is 8.09. The molecule has 0 spiro atoms. The van der Waals surface area contributed by atoms with Crippen molar-refractivity contribution in [3.05, 3.63) is 70.1 Å². The zero-order valence-corrected chi connectivity index (χ0v) is 19.6. The van der Waals surface area contributed by atoms with E-state index in [4.69, 9.17) is 0 Å². The summed E-state index contributed by atoms with van der Waals surface area (Å²) in [5.74, 6) is -2.04. The first-order valence-corrected chi connectivity index (χ1v) is 11.5. The van der Waals surface area contributed by atoms with Crippen molar-refractivity contribution in [1.82, 2.24) is 14.8 Å². The lowest BCUT2D eigenvalue weighted by Crippen LogP contribution is -2.46. The van der Waals surface area contributed by atoms with Crippen LogP contribution in [0, 0.1) is 5.82 Å². The van der Waals surface area contributed by atoms with Crippen LogP contribution in [0.1, 0.15) is 22.3 Å². The molecule has 10 heteroatoms. The van der Waals surface area contributed by atoms with E-state index in [0.29, 0.717) is 10.9 Å². The van der Waals surface area contributed by atoms with Crippen LogP contribution in [0.5, 0.6) is 0 Å². The van der Waals surface area contributed by atoms with Crippen molar-refractivity contribution in [2.24, 2.45) is 0 Å². The lowest BCUT2D eigenvalue weighted by atomic mass is 10.1. The second-order valence-corrected chi connectivity index (χ2v) is 8.95. The van der Waals surface area contributed by atoms with E-state index in [1.165, 1.54) is 23.2 Å². The summed E-state index contributed by atoms with van der Waals surface area (Å²) < 4.78 is 30.3. The van der Waals surface area contributed by atoms with Crippen molar-refractivity contribution in [2.45, 2.75) is 31.7 Å². The van der Waals surface area contributed by atoms with Crippen LogP contribution in [0.15, 0.2) is 53.1 Å². The van der Waals surface area contributed by atoms with Gasteiger partial charge in [-0.05, 0) is 28.1 Å². The molecule has 2 N–H and O–H groups in total. The number of para-hydroxylation sites is 1. The average Bonchev–Trinajstić information content (AvgIpc) is 3.40. The molecule has 34 heavy (non-hydrogen) atoms. The molecule has 1 fully saturated rings. The minimum atomic E-state index is -1.37. The molecule has 1 saturated heterocycles. The van der Waals surface area contributed by atoms with Gasteiger partial charge in [-0.2, -0.15) is 0 Å². The van der Waals surface area contributed by atoms with Gasteiger partial charge in [0.2, 0.25) is 11.8 Å². The zero-order chi connectivity index (χ0) is 24.4. The first kappa shape index (κ1) is 24.0. The maximum Gasteiger partial charge on any atom is 0.243 e. The van der Waals surface area contributed by atoms with Gasteiger partial charge >= 0.3 is 0 Å². The van der Waals surface area contributed by atoms with E-state index >= 15 is 0 Å². The van der Waals surface area contributed by atoms with Crippen molar-refractivity contribution >= 4 is 44.4 Å². The molecule has 7 nitrogen and oxygen atoms in total. The molecule has 2 heterocycles. The van der Waals surface area contributed by atoms with Crippen LogP contribution in [-0.4, -0.2) is 57.5 Å². The molecule has 0 radical (unpaired) electrons. The molecule has 0 bridgehead atoms. The van der Waals surface area contributed by atoms with Gasteiger partial charge in [-0.3, -0.25) is 14.4 Å². The van der Waals surface area contributed by atoms with Crippen molar-refractivity contribution in [3.8, 4) is 0 Å². The summed E-state index contributed by atoms with van der Waals surface area (Å²) in [5, 5.41) is 12.4. The number of fused-ring (bicyclic) bond motifs is 1. The predicted octanol–water partition coefficient (Wildman–Crippen LogP) is 2.97. The summed E-state index contributed by atoms with van der Waals surface area (Å²) in [4.78, 5) is 39.2. The van der Waals surface area contributed by atoms with Crippen molar-refractivity contribution < 1.29 is 28.3 Å². The van der Waals surface area contributed by atoms with E-state index in [2.05, 4.69) is 21.2 Å². The van der Waals surface area contributed by atoms with Crippen LogP contribution in [0.4, 0.5) is 8.78 Å². The molecule has 2 aromatic carbocycles. The molecular formula is C24H22BrF2N3O4. The fraction of sp³-hybridized carbons (Fsp3) is 0.292. The van der Waals surface area contributed by atoms with Gasteiger partial charge in [0.15, 0.2) is 5.78 Å². The second kappa shape index (κ2) is 10.0. The van der Waals surface area contributed by atoms with Crippen molar-refractivity contribution in [1.29, 1.82) is 0 Å². The van der Waals surface area contributed by atoms with E-state index < -0.39 is 42.2 Å². The lowest BCUT2D eigenvalue weighted by Gasteiger charge is -2.24. The number of aliphatic hydroxyl groups excluding tert-OH is 1. The first-order valence-electron chi connectivity index (χ1n) is 10.7. The van der Waals surface area contributed by atoms with Crippen LogP contribution >= 0.6 is 15.9 Å². The number of nitrogens with zero attached hydrogens (tertiary/aromatic N) is 2. The van der Waals surface area contributed by atoms with E-state index in [1.54, 1.807) is 34.9 Å². The number of benzene rings is 2. The van der Waals surface area contributed by atoms with Gasteiger partial charge < -0.3 is 19.9 Å². The number of likely N-dealkylation sites (tertiary alicyclic amines) is 1. The highest BCUT2D eigenvalue weighted by atomic mass is 79.9. The molecule has 0 aliphatic carbocycles. The zero-order valence-electron chi connectivity index (χ0n) is 18.0. The number of hydrogen-bond acceptors (Lipinski definition) is 4. The Morgan fingerprint density at radius 2 is 1.91 bits per heavy atom. The third kappa shape index (κ3) is 4.74. The highest BCUT2D eigenvalue weighted by molar-refractivity contribution is 9.10. The highest BCUT2D eigenvalue weighted by Gasteiger charge is 2.39. The van der Waals surface area contributed by atoms with Crippen molar-refractivity contribution in [3.63, 3.8) is 0 Å². The molecule has 0 saturated carbocycles. The number of Topliss-reactive ketones (excluding diaryl/α,β-unsaturated/α-hetero) is 1. The van der Waals surface area contributed by atoms with E-state index in [9.17, 15) is 28.3 Å². The normalized spacial score (nSPS) is 17.8. The van der Waals surface area contributed by atoms with Crippen LogP contribution in [0.3, 0.4) is 0 Å². The van der Waals surface area contributed by atoms with Gasteiger partial charge in [0, 0.05) is 41.2 Å². The molecule has 1 aliphatic heterocycles. The molecule has 2 atom stereocenters. The Morgan fingerprint density at radius 1 is 1.15 bits per heavy atom. The van der Waals surface area contributed by atoms with Crippen LogP contribution in [0.2, 0.25) is 0 Å². The third-order valence-electron chi connectivity index (χ3n) is 5.90. The topological polar surface area (TPSA) is 91.6 Å². The Bertz CT molecular complexity index is 1260. The van der Waals surface area contributed by atoms with Crippen LogP contribution < -0.4 is 5.32 Å². The maximum absolute atomic E-state index is 14.3. The smallest absolute Gasteiger partial charge is 0.243 e. The number of rotatable bonds is 7. The van der Waals surface area contributed by atoms with Crippen LogP contribution in [0.25, 0.3) is 10.9 Å². The number of aliphatic hydroxyl groups is 1. The quantitative estimate of drug-likeness (QED) is 0.457. The molecule has 3 aromatic rings. The highest BCUT2D eigenvalue weighted by Crippen LogP contribution is 2.25. The first-order chi connectivity index (χ1) is 16.3. The van der Waals surface area contributed by atoms with Crippen LogP contribution in [-0.2, 0) is 22.7 Å². The molecule has 4 rings (SSSR count). The minimum Gasteiger partial charge on any atom is -0.388 e. The standard InChI is InChI=1S/C24H22BrF2N3O4/c25-18-6-3-4-14(23(18)27)9-28-24(34)20-8-15(26)10-30(20)22(33)12-29-11-17(21(32)13-31)16-5-1-2-7-19(16)29/h1-7,11,15,20,31H,8-10,12-13H2,(H,28,34)/t15-,20+/m1/s1. The molecule has 2 amide bonds. The van der Waals surface area contributed by atoms with E-state index in [-0.39, 0.29) is 41.7 Å². The Morgan fingerprint density at radius 3 is 2.68 bits per heavy atom. The summed E-state index contributed by atoms with van der Waals surface area (Å²) in [6.07, 6.45) is -0.0377. The number of amides is 2. The number of hydrogen-bond donors (Lipinski definition) is 2. The van der Waals surface area contributed by atoms with Gasteiger partial charge in [-0.15, -0.1) is 0 Å². The fourth-order valence-corrected chi connectivity index (χ4v) is 4.62. The van der Waals surface area contributed by atoms with Gasteiger partial charge in [0.05, 0.1) is 11.0 Å². The number of halogens is 3. The fourth-order valence-electron chi connectivity index (χ4n) is 4.22. The largest absolute Gasteiger partial charge is 0.388 e. The summed E-state index contributed by atoms with van der Waals surface area (Å²) in [5.41, 5.74) is 1.14. The average molecular weight is 534 g/mol. The number of ketones is 1. The lowest BCUT2D eigenvalue weighted by molar-refractivity contribution is -0.139.